The van der Waals surface area contributed by atoms with E-state index < -0.39 is 9.84 Å². The molecule has 0 aliphatic carbocycles. The van der Waals surface area contributed by atoms with Crippen LogP contribution in [0.3, 0.4) is 0 Å². The Bertz CT molecular complexity index is 822. The van der Waals surface area contributed by atoms with Crippen LogP contribution in [0.2, 0.25) is 0 Å². The van der Waals surface area contributed by atoms with Crippen LogP contribution >= 0.6 is 0 Å². The summed E-state index contributed by atoms with van der Waals surface area (Å²) in [4.78, 5) is 12.3. The SMILES string of the molecule is CCOc1ccc(C(=O)C=CNc2ccc(S(C)(=O)=O)cc2)cc1. The highest BCUT2D eigenvalue weighted by Crippen LogP contribution is 2.15. The van der Waals surface area contributed by atoms with Gasteiger partial charge in [-0.3, -0.25) is 4.79 Å². The maximum Gasteiger partial charge on any atom is 0.187 e. The zero-order valence-corrected chi connectivity index (χ0v) is 14.3. The third kappa shape index (κ3) is 4.96. The number of hydrogen-bond acceptors (Lipinski definition) is 5. The topological polar surface area (TPSA) is 72.5 Å². The van der Waals surface area contributed by atoms with Crippen molar-refractivity contribution in [3.8, 4) is 5.75 Å². The normalized spacial score (nSPS) is 11.4. The molecule has 24 heavy (non-hydrogen) atoms. The molecule has 0 amide bonds. The van der Waals surface area contributed by atoms with Gasteiger partial charge in [-0.15, -0.1) is 0 Å². The highest BCUT2D eigenvalue weighted by molar-refractivity contribution is 7.90. The molecule has 0 fully saturated rings. The van der Waals surface area contributed by atoms with E-state index in [1.54, 1.807) is 36.4 Å². The number of carbonyl (C=O) groups is 1. The van der Waals surface area contributed by atoms with Gasteiger partial charge in [0.05, 0.1) is 11.5 Å². The van der Waals surface area contributed by atoms with Gasteiger partial charge in [-0.2, -0.15) is 0 Å². The molecule has 0 unspecified atom stereocenters. The van der Waals surface area contributed by atoms with E-state index in [1.165, 1.54) is 24.4 Å². The molecule has 0 atom stereocenters. The van der Waals surface area contributed by atoms with E-state index in [9.17, 15) is 13.2 Å². The molecule has 0 saturated carbocycles. The second kappa shape index (κ2) is 7.79. The molecule has 1 N–H and O–H groups in total. The summed E-state index contributed by atoms with van der Waals surface area (Å²) < 4.78 is 28.1. The van der Waals surface area contributed by atoms with Gasteiger partial charge < -0.3 is 10.1 Å². The molecule has 6 heteroatoms. The lowest BCUT2D eigenvalue weighted by molar-refractivity contribution is 0.104. The fourth-order valence-corrected chi connectivity index (χ4v) is 2.62. The Labute approximate surface area is 141 Å². The first-order chi connectivity index (χ1) is 11.4. The highest BCUT2D eigenvalue weighted by atomic mass is 32.2. The fraction of sp³-hybridized carbons (Fsp3) is 0.167. The zero-order chi connectivity index (χ0) is 17.6. The summed E-state index contributed by atoms with van der Waals surface area (Å²) in [6.07, 6.45) is 4.10. The monoisotopic (exact) mass is 345 g/mol. The Balaban J connectivity index is 1.96. The van der Waals surface area contributed by atoms with E-state index in [0.717, 1.165) is 12.0 Å². The number of anilines is 1. The average Bonchev–Trinajstić information content (AvgIpc) is 2.55. The molecule has 0 aromatic heterocycles. The Kier molecular flexibility index (Phi) is 5.76. The molecule has 0 aliphatic rings. The second-order valence-corrected chi connectivity index (χ2v) is 7.11. The van der Waals surface area contributed by atoms with Gasteiger partial charge in [-0.25, -0.2) is 8.42 Å². The summed E-state index contributed by atoms with van der Waals surface area (Å²) in [5.41, 5.74) is 1.25. The lowest BCUT2D eigenvalue weighted by Gasteiger charge is -2.04. The lowest BCUT2D eigenvalue weighted by atomic mass is 10.1. The van der Waals surface area contributed by atoms with E-state index in [1.807, 2.05) is 6.92 Å². The van der Waals surface area contributed by atoms with Gasteiger partial charge in [-0.1, -0.05) is 0 Å². The minimum absolute atomic E-state index is 0.140. The summed E-state index contributed by atoms with van der Waals surface area (Å²) in [6.45, 7) is 2.48. The Hall–Kier alpha value is -2.60. The van der Waals surface area contributed by atoms with Crippen LogP contribution in [0.25, 0.3) is 0 Å². The molecule has 0 spiro atoms. The first kappa shape index (κ1) is 17.7. The van der Waals surface area contributed by atoms with Gasteiger partial charge >= 0.3 is 0 Å². The third-order valence-corrected chi connectivity index (χ3v) is 4.35. The molecule has 0 saturated heterocycles. The van der Waals surface area contributed by atoms with Gasteiger partial charge in [0.1, 0.15) is 5.75 Å². The van der Waals surface area contributed by atoms with Crippen LogP contribution < -0.4 is 10.1 Å². The number of rotatable bonds is 7. The standard InChI is InChI=1S/C18H19NO4S/c1-3-23-16-8-4-14(5-9-16)18(20)12-13-19-15-6-10-17(11-7-15)24(2,21)22/h4-13,19H,3H2,1-2H3. The van der Waals surface area contributed by atoms with Crippen LogP contribution in [0, 0.1) is 0 Å². The molecule has 126 valence electrons. The van der Waals surface area contributed by atoms with Crippen molar-refractivity contribution in [1.29, 1.82) is 0 Å². The maximum absolute atomic E-state index is 12.0. The van der Waals surface area contributed by atoms with Crippen molar-refractivity contribution >= 4 is 21.3 Å². The molecule has 0 radical (unpaired) electrons. The number of nitrogens with one attached hydrogen (secondary N) is 1. The number of ether oxygens (including phenoxy) is 1. The van der Waals surface area contributed by atoms with Crippen LogP contribution in [-0.4, -0.2) is 27.1 Å². The number of benzene rings is 2. The van der Waals surface area contributed by atoms with Crippen LogP contribution in [-0.2, 0) is 9.84 Å². The van der Waals surface area contributed by atoms with Gasteiger partial charge in [-0.05, 0) is 55.5 Å². The van der Waals surface area contributed by atoms with E-state index in [0.29, 0.717) is 17.9 Å². The molecule has 2 rings (SSSR count). The van der Waals surface area contributed by atoms with Crippen molar-refractivity contribution in [1.82, 2.24) is 0 Å². The summed E-state index contributed by atoms with van der Waals surface area (Å²) in [5.74, 6) is 0.584. The van der Waals surface area contributed by atoms with Crippen molar-refractivity contribution in [3.63, 3.8) is 0 Å². The Morgan fingerprint density at radius 1 is 1.08 bits per heavy atom. The molecule has 0 aliphatic heterocycles. The average molecular weight is 345 g/mol. The smallest absolute Gasteiger partial charge is 0.187 e. The minimum atomic E-state index is -3.21. The van der Waals surface area contributed by atoms with Gasteiger partial charge in [0.25, 0.3) is 0 Å². The quantitative estimate of drug-likeness (QED) is 0.616. The number of ketones is 1. The van der Waals surface area contributed by atoms with Crippen LogP contribution in [0.1, 0.15) is 17.3 Å². The Morgan fingerprint density at radius 2 is 1.71 bits per heavy atom. The minimum Gasteiger partial charge on any atom is -0.494 e. The van der Waals surface area contributed by atoms with Gasteiger partial charge in [0.15, 0.2) is 15.6 Å². The predicted molar refractivity (Wildman–Crippen MR) is 94.3 cm³/mol. The van der Waals surface area contributed by atoms with Gasteiger partial charge in [0, 0.05) is 29.8 Å². The van der Waals surface area contributed by atoms with Crippen molar-refractivity contribution in [2.45, 2.75) is 11.8 Å². The van der Waals surface area contributed by atoms with Crippen molar-refractivity contribution in [2.75, 3.05) is 18.2 Å². The molecule has 2 aromatic rings. The zero-order valence-electron chi connectivity index (χ0n) is 13.5. The van der Waals surface area contributed by atoms with Gasteiger partial charge in [0.2, 0.25) is 0 Å². The van der Waals surface area contributed by atoms with Crippen molar-refractivity contribution < 1.29 is 17.9 Å². The van der Waals surface area contributed by atoms with Crippen LogP contribution in [0.5, 0.6) is 5.75 Å². The molecule has 5 nitrogen and oxygen atoms in total. The molecule has 0 bridgehead atoms. The Morgan fingerprint density at radius 3 is 2.25 bits per heavy atom. The number of hydrogen-bond donors (Lipinski definition) is 1. The van der Waals surface area contributed by atoms with E-state index in [-0.39, 0.29) is 10.7 Å². The number of carbonyl (C=O) groups excluding carboxylic acids is 1. The summed E-state index contributed by atoms with van der Waals surface area (Å²) in [6, 6.07) is 13.2. The summed E-state index contributed by atoms with van der Waals surface area (Å²) in [7, 11) is -3.21. The number of sulfone groups is 1. The van der Waals surface area contributed by atoms with Crippen LogP contribution in [0.4, 0.5) is 5.69 Å². The third-order valence-electron chi connectivity index (χ3n) is 3.22. The van der Waals surface area contributed by atoms with E-state index in [4.69, 9.17) is 4.74 Å². The fourth-order valence-electron chi connectivity index (χ4n) is 1.99. The maximum atomic E-state index is 12.0. The molecular weight excluding hydrogens is 326 g/mol. The summed E-state index contributed by atoms with van der Waals surface area (Å²) >= 11 is 0. The van der Waals surface area contributed by atoms with E-state index in [2.05, 4.69) is 5.32 Å². The van der Waals surface area contributed by atoms with E-state index >= 15 is 0 Å². The predicted octanol–water partition coefficient (Wildman–Crippen LogP) is 3.30. The second-order valence-electron chi connectivity index (χ2n) is 5.10. The first-order valence-corrected chi connectivity index (χ1v) is 9.29. The summed E-state index contributed by atoms with van der Waals surface area (Å²) in [5, 5.41) is 2.93. The lowest BCUT2D eigenvalue weighted by Crippen LogP contribution is -1.98. The molecular formula is C18H19NO4S. The molecule has 0 heterocycles. The highest BCUT2D eigenvalue weighted by Gasteiger charge is 2.05. The van der Waals surface area contributed by atoms with Crippen molar-refractivity contribution in [3.05, 3.63) is 66.4 Å². The largest absolute Gasteiger partial charge is 0.494 e. The number of allylic oxidation sites excluding steroid dienone is 1. The van der Waals surface area contributed by atoms with Crippen molar-refractivity contribution in [2.24, 2.45) is 0 Å². The molecule has 2 aromatic carbocycles. The van der Waals surface area contributed by atoms with Crippen LogP contribution in [0.15, 0.2) is 65.7 Å². The first-order valence-electron chi connectivity index (χ1n) is 7.40.